The lowest BCUT2D eigenvalue weighted by molar-refractivity contribution is 0.133. The summed E-state index contributed by atoms with van der Waals surface area (Å²) in [6, 6.07) is -0.169. The second-order valence-corrected chi connectivity index (χ2v) is 6.89. The first-order valence-corrected chi connectivity index (χ1v) is 8.17. The fourth-order valence-electron chi connectivity index (χ4n) is 2.43. The molecule has 1 saturated heterocycles. The van der Waals surface area contributed by atoms with Crippen molar-refractivity contribution in [3.05, 3.63) is 18.2 Å². The van der Waals surface area contributed by atoms with Crippen molar-refractivity contribution in [1.29, 1.82) is 0 Å². The maximum absolute atomic E-state index is 12.5. The van der Waals surface area contributed by atoms with E-state index < -0.39 is 10.0 Å². The van der Waals surface area contributed by atoms with E-state index in [2.05, 4.69) is 9.97 Å². The van der Waals surface area contributed by atoms with Gasteiger partial charge >= 0.3 is 0 Å². The molecule has 0 spiro atoms. The molecule has 1 aliphatic rings. The van der Waals surface area contributed by atoms with Crippen molar-refractivity contribution in [3.63, 3.8) is 0 Å². The number of nitrogens with zero attached hydrogens (tertiary/aromatic N) is 2. The van der Waals surface area contributed by atoms with E-state index in [0.29, 0.717) is 6.54 Å². The average Bonchev–Trinajstić information content (AvgIpc) is 2.92. The number of methoxy groups -OCH3 is 1. The van der Waals surface area contributed by atoms with E-state index in [0.717, 1.165) is 25.1 Å². The zero-order valence-electron chi connectivity index (χ0n) is 11.4. The molecular weight excluding hydrogens is 266 g/mol. The molecule has 0 aromatic carbocycles. The number of ether oxygens (including phenoxy) is 1. The van der Waals surface area contributed by atoms with E-state index in [1.807, 2.05) is 0 Å². The van der Waals surface area contributed by atoms with Crippen LogP contribution in [0.2, 0.25) is 0 Å². The Morgan fingerprint density at radius 3 is 3.00 bits per heavy atom. The molecule has 1 fully saturated rings. The van der Waals surface area contributed by atoms with Crippen molar-refractivity contribution >= 4 is 10.0 Å². The highest BCUT2D eigenvalue weighted by Gasteiger charge is 2.35. The van der Waals surface area contributed by atoms with E-state index in [1.54, 1.807) is 23.6 Å². The number of aromatic amines is 1. The van der Waals surface area contributed by atoms with Crippen molar-refractivity contribution in [2.75, 3.05) is 19.4 Å². The molecule has 108 valence electrons. The van der Waals surface area contributed by atoms with Crippen LogP contribution >= 0.6 is 0 Å². The molecule has 0 unspecified atom stereocenters. The Bertz CT molecular complexity index is 486. The number of hydrogen-bond acceptors (Lipinski definition) is 4. The Kier molecular flexibility index (Phi) is 4.59. The summed E-state index contributed by atoms with van der Waals surface area (Å²) >= 11 is 0. The van der Waals surface area contributed by atoms with E-state index >= 15 is 0 Å². The van der Waals surface area contributed by atoms with Crippen LogP contribution in [0.4, 0.5) is 0 Å². The number of hydrogen-bond donors (Lipinski definition) is 1. The van der Waals surface area contributed by atoms with Gasteiger partial charge in [-0.2, -0.15) is 4.31 Å². The van der Waals surface area contributed by atoms with Gasteiger partial charge in [-0.05, 0) is 19.8 Å². The van der Waals surface area contributed by atoms with Crippen LogP contribution in [-0.2, 0) is 14.8 Å². The van der Waals surface area contributed by atoms with E-state index in [4.69, 9.17) is 4.74 Å². The molecule has 0 amide bonds. The van der Waals surface area contributed by atoms with Crippen LogP contribution in [0.5, 0.6) is 0 Å². The SMILES string of the molecule is CO[C@H](C)CS(=O)(=O)N1CCCC[C@@H]1c1ncc[nH]1. The Labute approximate surface area is 114 Å². The van der Waals surface area contributed by atoms with E-state index in [9.17, 15) is 8.42 Å². The third-order valence-corrected chi connectivity index (χ3v) is 5.54. The summed E-state index contributed by atoms with van der Waals surface area (Å²) in [6.45, 7) is 2.33. The predicted octanol–water partition coefficient (Wildman–Crippen LogP) is 1.30. The van der Waals surface area contributed by atoms with Gasteiger partial charge in [0.2, 0.25) is 10.0 Å². The average molecular weight is 287 g/mol. The van der Waals surface area contributed by atoms with Crippen molar-refractivity contribution in [2.45, 2.75) is 38.3 Å². The number of nitrogens with one attached hydrogen (secondary N) is 1. The highest BCUT2D eigenvalue weighted by Crippen LogP contribution is 2.31. The summed E-state index contributed by atoms with van der Waals surface area (Å²) in [4.78, 5) is 7.24. The fourth-order valence-corrected chi connectivity index (χ4v) is 4.35. The van der Waals surface area contributed by atoms with Gasteiger partial charge in [-0.3, -0.25) is 0 Å². The lowest BCUT2D eigenvalue weighted by atomic mass is 10.0. The number of aromatic nitrogens is 2. The highest BCUT2D eigenvalue weighted by molar-refractivity contribution is 7.89. The molecule has 1 N–H and O–H groups in total. The Morgan fingerprint density at radius 2 is 2.37 bits per heavy atom. The van der Waals surface area contributed by atoms with Crippen LogP contribution in [0.15, 0.2) is 12.4 Å². The molecule has 0 aliphatic carbocycles. The largest absolute Gasteiger partial charge is 0.381 e. The van der Waals surface area contributed by atoms with Crippen molar-refractivity contribution < 1.29 is 13.2 Å². The van der Waals surface area contributed by atoms with Gasteiger partial charge < -0.3 is 9.72 Å². The van der Waals surface area contributed by atoms with Gasteiger partial charge in [0.1, 0.15) is 5.82 Å². The maximum Gasteiger partial charge on any atom is 0.217 e. The lowest BCUT2D eigenvalue weighted by Gasteiger charge is -2.34. The molecule has 1 aromatic heterocycles. The van der Waals surface area contributed by atoms with Crippen LogP contribution in [0, 0.1) is 0 Å². The Hall–Kier alpha value is -0.920. The summed E-state index contributed by atoms with van der Waals surface area (Å²) in [5.74, 6) is 0.745. The van der Waals surface area contributed by atoms with Crippen LogP contribution in [0.3, 0.4) is 0 Å². The Morgan fingerprint density at radius 1 is 1.58 bits per heavy atom. The summed E-state index contributed by atoms with van der Waals surface area (Å²) in [5, 5.41) is 0. The first-order chi connectivity index (χ1) is 9.04. The third kappa shape index (κ3) is 3.34. The topological polar surface area (TPSA) is 75.3 Å². The predicted molar refractivity (Wildman–Crippen MR) is 72.1 cm³/mol. The molecule has 0 radical (unpaired) electrons. The monoisotopic (exact) mass is 287 g/mol. The van der Waals surface area contributed by atoms with E-state index in [1.165, 1.54) is 7.11 Å². The molecule has 0 bridgehead atoms. The first kappa shape index (κ1) is 14.5. The minimum atomic E-state index is -3.32. The summed E-state index contributed by atoms with van der Waals surface area (Å²) in [6.07, 6.45) is 5.83. The van der Waals surface area contributed by atoms with E-state index in [-0.39, 0.29) is 17.9 Å². The minimum Gasteiger partial charge on any atom is -0.381 e. The lowest BCUT2D eigenvalue weighted by Crippen LogP contribution is -2.42. The molecule has 2 atom stereocenters. The molecular formula is C12H21N3O3S. The molecule has 19 heavy (non-hydrogen) atoms. The number of H-pyrrole nitrogens is 1. The van der Waals surface area contributed by atoms with Gasteiger partial charge in [-0.1, -0.05) is 6.42 Å². The van der Waals surface area contributed by atoms with Gasteiger partial charge in [-0.15, -0.1) is 0 Å². The smallest absolute Gasteiger partial charge is 0.217 e. The van der Waals surface area contributed by atoms with Gasteiger partial charge in [0.15, 0.2) is 0 Å². The quantitative estimate of drug-likeness (QED) is 0.885. The van der Waals surface area contributed by atoms with Crippen LogP contribution < -0.4 is 0 Å². The standard InChI is InChI=1S/C12H21N3O3S/c1-10(18-2)9-19(16,17)15-8-4-3-5-11(15)12-13-6-7-14-12/h6-7,10-11H,3-5,8-9H2,1-2H3,(H,13,14)/t10-,11-/m1/s1. The second-order valence-electron chi connectivity index (χ2n) is 4.92. The molecule has 6 nitrogen and oxygen atoms in total. The number of sulfonamides is 1. The van der Waals surface area contributed by atoms with Gasteiger partial charge in [0, 0.05) is 26.0 Å². The van der Waals surface area contributed by atoms with Crippen molar-refractivity contribution in [1.82, 2.24) is 14.3 Å². The molecule has 2 rings (SSSR count). The summed E-state index contributed by atoms with van der Waals surface area (Å²) in [5.41, 5.74) is 0. The van der Waals surface area contributed by atoms with Gasteiger partial charge in [0.05, 0.1) is 17.9 Å². The highest BCUT2D eigenvalue weighted by atomic mass is 32.2. The number of imidazole rings is 1. The number of rotatable bonds is 5. The normalized spacial score (nSPS) is 23.4. The van der Waals surface area contributed by atoms with Gasteiger partial charge in [0.25, 0.3) is 0 Å². The molecule has 0 saturated carbocycles. The van der Waals surface area contributed by atoms with Crippen molar-refractivity contribution in [3.8, 4) is 0 Å². The zero-order chi connectivity index (χ0) is 13.9. The van der Waals surface area contributed by atoms with Gasteiger partial charge in [-0.25, -0.2) is 13.4 Å². The summed E-state index contributed by atoms with van der Waals surface area (Å²) in [7, 11) is -1.79. The zero-order valence-corrected chi connectivity index (χ0v) is 12.2. The van der Waals surface area contributed by atoms with Crippen molar-refractivity contribution in [2.24, 2.45) is 0 Å². The Balaban J connectivity index is 2.20. The van der Waals surface area contributed by atoms with Crippen LogP contribution in [0.1, 0.15) is 38.1 Å². The number of piperidine rings is 1. The molecule has 1 aromatic rings. The molecule has 1 aliphatic heterocycles. The molecule has 2 heterocycles. The third-order valence-electron chi connectivity index (χ3n) is 3.49. The first-order valence-electron chi connectivity index (χ1n) is 6.56. The molecule has 7 heteroatoms. The minimum absolute atomic E-state index is 0.0146. The summed E-state index contributed by atoms with van der Waals surface area (Å²) < 4.78 is 31.6. The van der Waals surface area contributed by atoms with Crippen LogP contribution in [-0.4, -0.2) is 48.2 Å². The maximum atomic E-state index is 12.5. The second kappa shape index (κ2) is 6.02. The fraction of sp³-hybridized carbons (Fsp3) is 0.750. The van der Waals surface area contributed by atoms with Crippen LogP contribution in [0.25, 0.3) is 0 Å².